The van der Waals surface area contributed by atoms with Gasteiger partial charge in [0.15, 0.2) is 0 Å². The van der Waals surface area contributed by atoms with Crippen LogP contribution in [0.1, 0.15) is 33.6 Å². The van der Waals surface area contributed by atoms with Crippen LogP contribution in [-0.2, 0) is 4.74 Å². The highest BCUT2D eigenvalue weighted by molar-refractivity contribution is 5.68. The molecule has 1 aliphatic carbocycles. The number of carbonyl (C=O) groups excluding carboxylic acids is 1. The fraction of sp³-hybridized carbons (Fsp3) is 0.909. The zero-order valence-corrected chi connectivity index (χ0v) is 10.4. The molecule has 0 heterocycles. The number of amides is 1. The van der Waals surface area contributed by atoms with Gasteiger partial charge in [-0.15, -0.1) is 0 Å². The third-order valence-corrected chi connectivity index (χ3v) is 2.62. The van der Waals surface area contributed by atoms with Gasteiger partial charge in [-0.05, 0) is 40.7 Å². The maximum atomic E-state index is 11.5. The van der Waals surface area contributed by atoms with E-state index >= 15 is 0 Å². The first kappa shape index (κ1) is 13.3. The molecule has 3 N–H and O–H groups in total. The van der Waals surface area contributed by atoms with Gasteiger partial charge in [0, 0.05) is 12.1 Å². The predicted octanol–water partition coefficient (Wildman–Crippen LogP) is 0.622. The molecule has 0 aromatic carbocycles. The minimum absolute atomic E-state index is 0.0118. The lowest BCUT2D eigenvalue weighted by atomic mass is 10.2. The first-order chi connectivity index (χ1) is 7.31. The monoisotopic (exact) mass is 230 g/mol. The second-order valence-electron chi connectivity index (χ2n) is 5.28. The van der Waals surface area contributed by atoms with E-state index in [0.717, 1.165) is 6.42 Å². The zero-order chi connectivity index (χ0) is 12.3. The van der Waals surface area contributed by atoms with Gasteiger partial charge >= 0.3 is 6.09 Å². The second-order valence-corrected chi connectivity index (χ2v) is 5.28. The molecule has 3 atom stereocenters. The van der Waals surface area contributed by atoms with E-state index in [1.54, 1.807) is 0 Å². The molecule has 5 heteroatoms. The molecule has 0 aromatic rings. The van der Waals surface area contributed by atoms with Gasteiger partial charge in [0.25, 0.3) is 0 Å². The first-order valence-electron chi connectivity index (χ1n) is 5.66. The van der Waals surface area contributed by atoms with E-state index in [0.29, 0.717) is 6.42 Å². The van der Waals surface area contributed by atoms with E-state index in [1.807, 2.05) is 27.8 Å². The van der Waals surface area contributed by atoms with Crippen LogP contribution in [-0.4, -0.2) is 42.0 Å². The molecule has 0 aromatic heterocycles. The summed E-state index contributed by atoms with van der Waals surface area (Å²) in [6.07, 6.45) is 0.494. The molecule has 0 spiro atoms. The van der Waals surface area contributed by atoms with Crippen molar-refractivity contribution in [3.05, 3.63) is 0 Å². The van der Waals surface area contributed by atoms with Crippen LogP contribution in [0.4, 0.5) is 4.79 Å². The van der Waals surface area contributed by atoms with Gasteiger partial charge in [-0.3, -0.25) is 0 Å². The van der Waals surface area contributed by atoms with Crippen LogP contribution in [0.3, 0.4) is 0 Å². The SMILES string of the molecule is CNC1CC(NC(=O)OC(C)(C)C)CC1O. The van der Waals surface area contributed by atoms with E-state index in [2.05, 4.69) is 10.6 Å². The number of aliphatic hydroxyl groups excluding tert-OH is 1. The molecule has 0 aliphatic heterocycles. The van der Waals surface area contributed by atoms with Gasteiger partial charge in [-0.25, -0.2) is 4.79 Å². The molecule has 5 nitrogen and oxygen atoms in total. The topological polar surface area (TPSA) is 70.6 Å². The van der Waals surface area contributed by atoms with Crippen molar-refractivity contribution >= 4 is 6.09 Å². The highest BCUT2D eigenvalue weighted by Crippen LogP contribution is 2.20. The Morgan fingerprint density at radius 1 is 1.38 bits per heavy atom. The zero-order valence-electron chi connectivity index (χ0n) is 10.4. The predicted molar refractivity (Wildman–Crippen MR) is 61.2 cm³/mol. The third-order valence-electron chi connectivity index (χ3n) is 2.62. The molecule has 1 aliphatic rings. The molecule has 1 amide bonds. The average Bonchev–Trinajstić information content (AvgIpc) is 2.42. The fourth-order valence-electron chi connectivity index (χ4n) is 1.92. The summed E-state index contributed by atoms with van der Waals surface area (Å²) in [6.45, 7) is 5.48. The van der Waals surface area contributed by atoms with Crippen LogP contribution in [0.2, 0.25) is 0 Å². The molecule has 16 heavy (non-hydrogen) atoms. The maximum absolute atomic E-state index is 11.5. The minimum atomic E-state index is -0.482. The number of aliphatic hydroxyl groups is 1. The summed E-state index contributed by atoms with van der Waals surface area (Å²) in [4.78, 5) is 11.5. The molecule has 1 rings (SSSR count). The number of nitrogens with one attached hydrogen (secondary N) is 2. The Labute approximate surface area is 96.6 Å². The standard InChI is InChI=1S/C11H22N2O3/c1-11(2,3)16-10(15)13-7-5-8(12-4)9(14)6-7/h7-9,12,14H,5-6H2,1-4H3,(H,13,15). The number of alkyl carbamates (subject to hydrolysis) is 1. The number of carbonyl (C=O) groups is 1. The summed E-state index contributed by atoms with van der Waals surface area (Å²) in [5, 5.41) is 15.4. The van der Waals surface area contributed by atoms with Crippen molar-refractivity contribution in [2.75, 3.05) is 7.05 Å². The summed E-state index contributed by atoms with van der Waals surface area (Å²) < 4.78 is 5.15. The molecule has 1 fully saturated rings. The fourth-order valence-corrected chi connectivity index (χ4v) is 1.92. The normalized spacial score (nSPS) is 30.2. The van der Waals surface area contributed by atoms with E-state index < -0.39 is 17.8 Å². The van der Waals surface area contributed by atoms with Crippen LogP contribution in [0.25, 0.3) is 0 Å². The number of hydrogen-bond acceptors (Lipinski definition) is 4. The van der Waals surface area contributed by atoms with Crippen molar-refractivity contribution in [1.82, 2.24) is 10.6 Å². The van der Waals surface area contributed by atoms with Crippen molar-refractivity contribution in [1.29, 1.82) is 0 Å². The Kier molecular flexibility index (Phi) is 4.15. The summed E-state index contributed by atoms with van der Waals surface area (Å²) >= 11 is 0. The van der Waals surface area contributed by atoms with Gasteiger partial charge in [-0.1, -0.05) is 0 Å². The summed E-state index contributed by atoms with van der Waals surface area (Å²) in [5.74, 6) is 0. The van der Waals surface area contributed by atoms with Crippen LogP contribution in [0, 0.1) is 0 Å². The number of hydrogen-bond donors (Lipinski definition) is 3. The van der Waals surface area contributed by atoms with Crippen molar-refractivity contribution in [3.63, 3.8) is 0 Å². The lowest BCUT2D eigenvalue weighted by Gasteiger charge is -2.21. The Morgan fingerprint density at radius 3 is 2.44 bits per heavy atom. The summed E-state index contributed by atoms with van der Waals surface area (Å²) in [7, 11) is 1.81. The Morgan fingerprint density at radius 2 is 2.00 bits per heavy atom. The van der Waals surface area contributed by atoms with Crippen LogP contribution in [0.5, 0.6) is 0 Å². The highest BCUT2D eigenvalue weighted by atomic mass is 16.6. The molecule has 3 unspecified atom stereocenters. The minimum Gasteiger partial charge on any atom is -0.444 e. The van der Waals surface area contributed by atoms with E-state index in [4.69, 9.17) is 4.74 Å². The summed E-state index contributed by atoms with van der Waals surface area (Å²) in [6, 6.07) is 0.0437. The number of rotatable bonds is 2. The van der Waals surface area contributed by atoms with E-state index in [9.17, 15) is 9.90 Å². The third kappa shape index (κ3) is 3.98. The van der Waals surface area contributed by atoms with Crippen LogP contribution >= 0.6 is 0 Å². The van der Waals surface area contributed by atoms with Gasteiger partial charge < -0.3 is 20.5 Å². The Bertz CT molecular complexity index is 250. The lowest BCUT2D eigenvalue weighted by molar-refractivity contribution is 0.0502. The molecule has 0 saturated heterocycles. The van der Waals surface area contributed by atoms with Gasteiger partial charge in [-0.2, -0.15) is 0 Å². The van der Waals surface area contributed by atoms with E-state index in [-0.39, 0.29) is 12.1 Å². The summed E-state index contributed by atoms with van der Waals surface area (Å²) in [5.41, 5.74) is -0.482. The second kappa shape index (κ2) is 5.01. The maximum Gasteiger partial charge on any atom is 0.407 e. The van der Waals surface area contributed by atoms with Crippen LogP contribution in [0.15, 0.2) is 0 Å². The largest absolute Gasteiger partial charge is 0.444 e. The quantitative estimate of drug-likeness (QED) is 0.650. The smallest absolute Gasteiger partial charge is 0.407 e. The lowest BCUT2D eigenvalue weighted by Crippen LogP contribution is -2.38. The number of likely N-dealkylation sites (N-methyl/N-ethyl adjacent to an activating group) is 1. The molecular weight excluding hydrogens is 208 g/mol. The van der Waals surface area contributed by atoms with Crippen molar-refractivity contribution in [2.24, 2.45) is 0 Å². The average molecular weight is 230 g/mol. The van der Waals surface area contributed by atoms with Gasteiger partial charge in [0.1, 0.15) is 5.60 Å². The van der Waals surface area contributed by atoms with Crippen LogP contribution < -0.4 is 10.6 Å². The molecule has 0 radical (unpaired) electrons. The molecule has 0 bridgehead atoms. The first-order valence-corrected chi connectivity index (χ1v) is 5.66. The van der Waals surface area contributed by atoms with Gasteiger partial charge in [0.2, 0.25) is 0 Å². The highest BCUT2D eigenvalue weighted by Gasteiger charge is 2.33. The number of ether oxygens (including phenoxy) is 1. The van der Waals surface area contributed by atoms with Crippen molar-refractivity contribution < 1.29 is 14.6 Å². The van der Waals surface area contributed by atoms with E-state index in [1.165, 1.54) is 0 Å². The molecular formula is C11H22N2O3. The molecule has 1 saturated carbocycles. The van der Waals surface area contributed by atoms with Crippen molar-refractivity contribution in [2.45, 2.75) is 57.4 Å². The Hall–Kier alpha value is -0.810. The molecule has 94 valence electrons. The van der Waals surface area contributed by atoms with Crippen molar-refractivity contribution in [3.8, 4) is 0 Å². The Balaban J connectivity index is 2.36. The van der Waals surface area contributed by atoms with Gasteiger partial charge in [0.05, 0.1) is 6.10 Å².